The summed E-state index contributed by atoms with van der Waals surface area (Å²) in [6.45, 7) is 5.25. The molecule has 2 heterocycles. The predicted octanol–water partition coefficient (Wildman–Crippen LogP) is 4.49. The van der Waals surface area contributed by atoms with Crippen LogP contribution in [0.25, 0.3) is 0 Å². The molecule has 0 amide bonds. The number of fused-ring (bicyclic) bond motifs is 1. The third-order valence-electron chi connectivity index (χ3n) is 3.45. The van der Waals surface area contributed by atoms with Gasteiger partial charge in [-0.15, -0.1) is 11.3 Å². The second-order valence-corrected chi connectivity index (χ2v) is 5.55. The molecule has 2 unspecified atom stereocenters. The van der Waals surface area contributed by atoms with Crippen LogP contribution < -0.4 is 9.47 Å². The van der Waals surface area contributed by atoms with Crippen LogP contribution in [-0.4, -0.2) is 12.7 Å². The Hall–Kier alpha value is -0.700. The molecular weight excluding hydrogens is 232 g/mol. The third-order valence-corrected chi connectivity index (χ3v) is 4.15. The van der Waals surface area contributed by atoms with Gasteiger partial charge in [0, 0.05) is 10.8 Å². The first-order chi connectivity index (χ1) is 8.33. The molecule has 17 heavy (non-hydrogen) atoms. The fraction of sp³-hybridized carbons (Fsp3) is 0.714. The van der Waals surface area contributed by atoms with E-state index in [0.717, 1.165) is 23.8 Å². The van der Waals surface area contributed by atoms with Crippen LogP contribution in [0.3, 0.4) is 0 Å². The van der Waals surface area contributed by atoms with E-state index >= 15 is 0 Å². The van der Waals surface area contributed by atoms with Crippen molar-refractivity contribution >= 4 is 11.3 Å². The summed E-state index contributed by atoms with van der Waals surface area (Å²) in [7, 11) is 0. The number of hydrogen-bond donors (Lipinski definition) is 0. The highest BCUT2D eigenvalue weighted by Gasteiger charge is 2.24. The van der Waals surface area contributed by atoms with Crippen molar-refractivity contribution in [2.75, 3.05) is 6.61 Å². The van der Waals surface area contributed by atoms with E-state index in [4.69, 9.17) is 9.47 Å². The van der Waals surface area contributed by atoms with Crippen LogP contribution in [0.1, 0.15) is 46.0 Å². The van der Waals surface area contributed by atoms with Crippen molar-refractivity contribution in [3.8, 4) is 11.5 Å². The molecule has 1 aliphatic rings. The maximum absolute atomic E-state index is 5.97. The number of hydrogen-bond acceptors (Lipinski definition) is 3. The standard InChI is InChI=1S/C14H22O2S/c1-3-5-6-11(4-2)7-12-8-15-13-9-17-10-14(13)16-12/h9-12H,3-8H2,1-2H3. The molecule has 0 saturated carbocycles. The number of unbranched alkanes of at least 4 members (excludes halogenated alkanes) is 1. The fourth-order valence-corrected chi connectivity index (χ4v) is 3.00. The topological polar surface area (TPSA) is 18.5 Å². The highest BCUT2D eigenvalue weighted by molar-refractivity contribution is 7.08. The van der Waals surface area contributed by atoms with Gasteiger partial charge in [0.15, 0.2) is 11.5 Å². The molecule has 1 aromatic rings. The van der Waals surface area contributed by atoms with Gasteiger partial charge in [-0.25, -0.2) is 0 Å². The summed E-state index contributed by atoms with van der Waals surface area (Å²) in [5.74, 6) is 2.65. The van der Waals surface area contributed by atoms with E-state index in [0.29, 0.717) is 6.61 Å². The van der Waals surface area contributed by atoms with Crippen molar-refractivity contribution in [2.45, 2.75) is 52.1 Å². The largest absolute Gasteiger partial charge is 0.485 e. The Balaban J connectivity index is 1.83. The summed E-state index contributed by atoms with van der Waals surface area (Å²) in [5, 5.41) is 4.05. The van der Waals surface area contributed by atoms with Gasteiger partial charge in [-0.1, -0.05) is 39.5 Å². The molecule has 3 heteroatoms. The Morgan fingerprint density at radius 1 is 1.35 bits per heavy atom. The van der Waals surface area contributed by atoms with Gasteiger partial charge < -0.3 is 9.47 Å². The van der Waals surface area contributed by atoms with E-state index in [9.17, 15) is 0 Å². The lowest BCUT2D eigenvalue weighted by Crippen LogP contribution is -2.30. The van der Waals surface area contributed by atoms with Crippen LogP contribution in [0, 0.1) is 5.92 Å². The highest BCUT2D eigenvalue weighted by atomic mass is 32.1. The molecular formula is C14H22O2S. The molecule has 0 radical (unpaired) electrons. The minimum atomic E-state index is 0.249. The molecule has 0 aliphatic carbocycles. The lowest BCUT2D eigenvalue weighted by molar-refractivity contribution is 0.0713. The van der Waals surface area contributed by atoms with Gasteiger partial charge in [-0.3, -0.25) is 0 Å². The monoisotopic (exact) mass is 254 g/mol. The Morgan fingerprint density at radius 2 is 2.18 bits per heavy atom. The molecule has 0 spiro atoms. The lowest BCUT2D eigenvalue weighted by Gasteiger charge is -2.27. The maximum atomic E-state index is 5.97. The van der Waals surface area contributed by atoms with Gasteiger partial charge in [-0.05, 0) is 12.3 Å². The summed E-state index contributed by atoms with van der Waals surface area (Å²) in [5.41, 5.74) is 0. The Kier molecular flexibility index (Phi) is 4.72. The van der Waals surface area contributed by atoms with Crippen molar-refractivity contribution in [3.63, 3.8) is 0 Å². The van der Waals surface area contributed by atoms with E-state index in [1.54, 1.807) is 11.3 Å². The molecule has 0 aromatic carbocycles. The summed E-state index contributed by atoms with van der Waals surface area (Å²) in [4.78, 5) is 0. The van der Waals surface area contributed by atoms with Crippen molar-refractivity contribution in [1.82, 2.24) is 0 Å². The molecule has 0 saturated heterocycles. The summed E-state index contributed by atoms with van der Waals surface area (Å²) in [6.07, 6.45) is 6.56. The van der Waals surface area contributed by atoms with Gasteiger partial charge in [-0.2, -0.15) is 0 Å². The number of thiophene rings is 1. The molecule has 96 valence electrons. The first kappa shape index (κ1) is 12.7. The maximum Gasteiger partial charge on any atom is 0.172 e. The van der Waals surface area contributed by atoms with Crippen molar-refractivity contribution in [1.29, 1.82) is 0 Å². The molecule has 0 bridgehead atoms. The van der Waals surface area contributed by atoms with E-state index in [2.05, 4.69) is 13.8 Å². The zero-order valence-corrected chi connectivity index (χ0v) is 11.6. The smallest absolute Gasteiger partial charge is 0.172 e. The van der Waals surface area contributed by atoms with Gasteiger partial charge >= 0.3 is 0 Å². The Bertz CT molecular complexity index is 335. The minimum Gasteiger partial charge on any atom is -0.485 e. The SMILES string of the molecule is CCCCC(CC)CC1COc2cscc2O1. The molecule has 1 aliphatic heterocycles. The molecule has 2 nitrogen and oxygen atoms in total. The summed E-state index contributed by atoms with van der Waals surface area (Å²) >= 11 is 1.65. The van der Waals surface area contributed by atoms with Crippen LogP contribution in [0.5, 0.6) is 11.5 Å². The Labute approximate surface area is 108 Å². The molecule has 0 fully saturated rings. The lowest BCUT2D eigenvalue weighted by atomic mass is 9.93. The zero-order chi connectivity index (χ0) is 12.1. The van der Waals surface area contributed by atoms with Crippen LogP contribution in [0.15, 0.2) is 10.8 Å². The molecule has 2 atom stereocenters. The number of rotatable bonds is 6. The second-order valence-electron chi connectivity index (χ2n) is 4.80. The third kappa shape index (κ3) is 3.38. The minimum absolute atomic E-state index is 0.249. The van der Waals surface area contributed by atoms with Gasteiger partial charge in [0.1, 0.15) is 12.7 Å². The van der Waals surface area contributed by atoms with Gasteiger partial charge in [0.2, 0.25) is 0 Å². The normalized spacial score (nSPS) is 20.2. The quantitative estimate of drug-likeness (QED) is 0.744. The average molecular weight is 254 g/mol. The average Bonchev–Trinajstić information content (AvgIpc) is 2.81. The highest BCUT2D eigenvalue weighted by Crippen LogP contribution is 2.36. The summed E-state index contributed by atoms with van der Waals surface area (Å²) < 4.78 is 11.7. The first-order valence-corrected chi connectivity index (χ1v) is 7.63. The van der Waals surface area contributed by atoms with E-state index < -0.39 is 0 Å². The predicted molar refractivity (Wildman–Crippen MR) is 72.2 cm³/mol. The second kappa shape index (κ2) is 6.29. The van der Waals surface area contributed by atoms with Gasteiger partial charge in [0.05, 0.1) is 0 Å². The number of ether oxygens (including phenoxy) is 2. The van der Waals surface area contributed by atoms with Crippen LogP contribution in [-0.2, 0) is 0 Å². The van der Waals surface area contributed by atoms with Crippen LogP contribution in [0.2, 0.25) is 0 Å². The Morgan fingerprint density at radius 3 is 2.94 bits per heavy atom. The van der Waals surface area contributed by atoms with E-state index in [-0.39, 0.29) is 6.10 Å². The van der Waals surface area contributed by atoms with E-state index in [1.165, 1.54) is 25.7 Å². The van der Waals surface area contributed by atoms with Gasteiger partial charge in [0.25, 0.3) is 0 Å². The summed E-state index contributed by atoms with van der Waals surface area (Å²) in [6, 6.07) is 0. The molecule has 2 rings (SSSR count). The van der Waals surface area contributed by atoms with Crippen molar-refractivity contribution in [3.05, 3.63) is 10.8 Å². The van der Waals surface area contributed by atoms with Crippen molar-refractivity contribution < 1.29 is 9.47 Å². The first-order valence-electron chi connectivity index (χ1n) is 6.69. The van der Waals surface area contributed by atoms with Crippen LogP contribution >= 0.6 is 11.3 Å². The van der Waals surface area contributed by atoms with Crippen LogP contribution in [0.4, 0.5) is 0 Å². The molecule has 1 aromatic heterocycles. The fourth-order valence-electron chi connectivity index (χ4n) is 2.33. The van der Waals surface area contributed by atoms with E-state index in [1.807, 2.05) is 10.8 Å². The van der Waals surface area contributed by atoms with Crippen molar-refractivity contribution in [2.24, 2.45) is 5.92 Å². The zero-order valence-electron chi connectivity index (χ0n) is 10.8. The molecule has 0 N–H and O–H groups in total.